The molecule has 1 rings (SSSR count). The number of carbonyl (C=O) groups is 2. The van der Waals surface area contributed by atoms with Crippen LogP contribution in [0.5, 0.6) is 0 Å². The number of rotatable bonds is 5. The average molecular weight is 249 g/mol. The van der Waals surface area contributed by atoms with Gasteiger partial charge in [-0.3, -0.25) is 9.59 Å². The molecule has 3 nitrogen and oxygen atoms in total. The third-order valence-electron chi connectivity index (χ3n) is 2.02. The maximum atomic E-state index is 11.7. The minimum absolute atomic E-state index is 0.0233. The van der Waals surface area contributed by atoms with Crippen molar-refractivity contribution >= 4 is 22.8 Å². The lowest BCUT2D eigenvalue weighted by molar-refractivity contribution is -0.117. The lowest BCUT2D eigenvalue weighted by Crippen LogP contribution is -2.26. The molecule has 0 spiro atoms. The molecule has 1 aromatic rings. The van der Waals surface area contributed by atoms with Gasteiger partial charge in [0.2, 0.25) is 11.0 Å². The third-order valence-corrected chi connectivity index (χ3v) is 2.92. The van der Waals surface area contributed by atoms with Gasteiger partial charge in [0.15, 0.2) is 0 Å². The van der Waals surface area contributed by atoms with Crippen LogP contribution in [0.2, 0.25) is 0 Å². The van der Waals surface area contributed by atoms with Crippen molar-refractivity contribution in [3.8, 4) is 0 Å². The first-order chi connectivity index (χ1) is 8.11. The summed E-state index contributed by atoms with van der Waals surface area (Å²) in [7, 11) is 0. The van der Waals surface area contributed by atoms with Crippen molar-refractivity contribution in [2.45, 2.75) is 6.92 Å². The molecule has 17 heavy (non-hydrogen) atoms. The number of nitrogens with one attached hydrogen (secondary N) is 1. The Bertz CT molecular complexity index is 415. The molecule has 4 heteroatoms. The molecule has 0 atom stereocenters. The van der Waals surface area contributed by atoms with Gasteiger partial charge in [0.05, 0.1) is 0 Å². The summed E-state index contributed by atoms with van der Waals surface area (Å²) < 4.78 is 0. The van der Waals surface area contributed by atoms with Crippen molar-refractivity contribution < 1.29 is 9.59 Å². The molecule has 0 heterocycles. The van der Waals surface area contributed by atoms with Gasteiger partial charge in [-0.05, 0) is 6.92 Å². The van der Waals surface area contributed by atoms with Crippen LogP contribution in [0, 0.1) is 0 Å². The molecule has 0 aliphatic heterocycles. The zero-order chi connectivity index (χ0) is 12.7. The van der Waals surface area contributed by atoms with E-state index in [9.17, 15) is 9.59 Å². The van der Waals surface area contributed by atoms with Crippen molar-refractivity contribution in [1.29, 1.82) is 0 Å². The van der Waals surface area contributed by atoms with Crippen molar-refractivity contribution in [3.63, 3.8) is 0 Å². The van der Waals surface area contributed by atoms with E-state index >= 15 is 0 Å². The number of hydrogen-bond donors (Lipinski definition) is 1. The summed E-state index contributed by atoms with van der Waals surface area (Å²) in [6.07, 6.45) is 0. The van der Waals surface area contributed by atoms with E-state index in [4.69, 9.17) is 0 Å². The van der Waals surface area contributed by atoms with Gasteiger partial charge < -0.3 is 5.32 Å². The van der Waals surface area contributed by atoms with Gasteiger partial charge in [0.1, 0.15) is 0 Å². The highest BCUT2D eigenvalue weighted by atomic mass is 32.2. The zero-order valence-corrected chi connectivity index (χ0v) is 10.5. The minimum atomic E-state index is -0.169. The molecule has 0 fully saturated rings. The van der Waals surface area contributed by atoms with Gasteiger partial charge in [0, 0.05) is 23.4 Å². The van der Waals surface area contributed by atoms with E-state index in [2.05, 4.69) is 11.9 Å². The van der Waals surface area contributed by atoms with Gasteiger partial charge in [-0.25, -0.2) is 0 Å². The number of amides is 1. The molecule has 0 bridgehead atoms. The van der Waals surface area contributed by atoms with Crippen molar-refractivity contribution in [2.24, 2.45) is 0 Å². The fourth-order valence-electron chi connectivity index (χ4n) is 1.12. The number of hydrogen-bond acceptors (Lipinski definition) is 3. The molecule has 0 aliphatic carbocycles. The summed E-state index contributed by atoms with van der Waals surface area (Å²) in [6, 6.07) is 9.09. The van der Waals surface area contributed by atoms with Gasteiger partial charge in [-0.15, -0.1) is 0 Å². The molecule has 0 saturated carbocycles. The molecular weight excluding hydrogens is 234 g/mol. The van der Waals surface area contributed by atoms with E-state index in [0.29, 0.717) is 23.4 Å². The van der Waals surface area contributed by atoms with Crippen LogP contribution >= 0.6 is 11.8 Å². The topological polar surface area (TPSA) is 46.2 Å². The summed E-state index contributed by atoms with van der Waals surface area (Å²) >= 11 is 1.20. The monoisotopic (exact) mass is 249 g/mol. The molecule has 1 N–H and O–H groups in total. The molecule has 0 unspecified atom stereocenters. The van der Waals surface area contributed by atoms with Crippen LogP contribution in [0.15, 0.2) is 42.5 Å². The lowest BCUT2D eigenvalue weighted by atomic mass is 10.2. The molecule has 0 radical (unpaired) electrons. The van der Waals surface area contributed by atoms with Gasteiger partial charge in [-0.2, -0.15) is 0 Å². The van der Waals surface area contributed by atoms with Crippen molar-refractivity contribution in [1.82, 2.24) is 5.32 Å². The number of thioether (sulfide) groups is 1. The van der Waals surface area contributed by atoms with Crippen LogP contribution in [0.25, 0.3) is 0 Å². The highest BCUT2D eigenvalue weighted by molar-refractivity contribution is 8.14. The van der Waals surface area contributed by atoms with Crippen molar-refractivity contribution in [2.75, 3.05) is 12.3 Å². The molecule has 1 amide bonds. The second-order valence-corrected chi connectivity index (χ2v) is 4.61. The summed E-state index contributed by atoms with van der Waals surface area (Å²) in [5, 5.41) is 2.70. The predicted molar refractivity (Wildman–Crippen MR) is 71.1 cm³/mol. The molecular formula is C13H15NO2S. The summed E-state index contributed by atoms with van der Waals surface area (Å²) in [5.41, 5.74) is 1.16. The highest BCUT2D eigenvalue weighted by Gasteiger charge is 2.06. The van der Waals surface area contributed by atoms with Crippen LogP contribution in [-0.2, 0) is 4.79 Å². The van der Waals surface area contributed by atoms with Crippen LogP contribution in [0.4, 0.5) is 0 Å². The first-order valence-electron chi connectivity index (χ1n) is 5.27. The van der Waals surface area contributed by atoms with Crippen LogP contribution in [-0.4, -0.2) is 23.3 Å². The smallest absolute Gasteiger partial charge is 0.246 e. The quantitative estimate of drug-likeness (QED) is 0.643. The Kier molecular flexibility index (Phi) is 5.49. The van der Waals surface area contributed by atoms with E-state index in [1.165, 1.54) is 11.8 Å². The first kappa shape index (κ1) is 13.5. The molecule has 90 valence electrons. The standard InChI is InChI=1S/C13H15NO2S/c1-10(2)12(15)14-8-9-17-13(16)11-6-4-3-5-7-11/h3-7H,1,8-9H2,2H3,(H,14,15). The Morgan fingerprint density at radius 3 is 2.53 bits per heavy atom. The summed E-state index contributed by atoms with van der Waals surface area (Å²) in [6.45, 7) is 5.65. The first-order valence-corrected chi connectivity index (χ1v) is 6.25. The Morgan fingerprint density at radius 2 is 1.94 bits per heavy atom. The van der Waals surface area contributed by atoms with Gasteiger partial charge in [-0.1, -0.05) is 48.7 Å². The maximum absolute atomic E-state index is 11.7. The van der Waals surface area contributed by atoms with Crippen molar-refractivity contribution in [3.05, 3.63) is 48.0 Å². The minimum Gasteiger partial charge on any atom is -0.352 e. The highest BCUT2D eigenvalue weighted by Crippen LogP contribution is 2.11. The molecule has 1 aromatic carbocycles. The molecule has 0 aliphatic rings. The zero-order valence-electron chi connectivity index (χ0n) is 9.73. The van der Waals surface area contributed by atoms with Crippen LogP contribution < -0.4 is 5.32 Å². The van der Waals surface area contributed by atoms with E-state index in [0.717, 1.165) is 0 Å². The largest absolute Gasteiger partial charge is 0.352 e. The van der Waals surface area contributed by atoms with E-state index in [1.807, 2.05) is 18.2 Å². The van der Waals surface area contributed by atoms with Crippen LogP contribution in [0.3, 0.4) is 0 Å². The maximum Gasteiger partial charge on any atom is 0.246 e. The lowest BCUT2D eigenvalue weighted by Gasteiger charge is -2.03. The Labute approximate surface area is 105 Å². The normalized spacial score (nSPS) is 9.71. The van der Waals surface area contributed by atoms with E-state index in [1.54, 1.807) is 19.1 Å². The second kappa shape index (κ2) is 6.91. The summed E-state index contributed by atoms with van der Waals surface area (Å²) in [5.74, 6) is 0.394. The SMILES string of the molecule is C=C(C)C(=O)NCCSC(=O)c1ccccc1. The van der Waals surface area contributed by atoms with Gasteiger partial charge in [0.25, 0.3) is 0 Å². The fourth-order valence-corrected chi connectivity index (χ4v) is 1.81. The Hall–Kier alpha value is -1.55. The average Bonchev–Trinajstić information content (AvgIpc) is 2.35. The van der Waals surface area contributed by atoms with Gasteiger partial charge >= 0.3 is 0 Å². The van der Waals surface area contributed by atoms with E-state index < -0.39 is 0 Å². The second-order valence-electron chi connectivity index (χ2n) is 3.54. The number of carbonyl (C=O) groups excluding carboxylic acids is 2. The Balaban J connectivity index is 2.26. The third kappa shape index (κ3) is 4.87. The fraction of sp³-hybridized carbons (Fsp3) is 0.231. The molecule has 0 saturated heterocycles. The van der Waals surface area contributed by atoms with Crippen LogP contribution in [0.1, 0.15) is 17.3 Å². The van der Waals surface area contributed by atoms with E-state index in [-0.39, 0.29) is 11.0 Å². The number of benzene rings is 1. The predicted octanol–water partition coefficient (Wildman–Crippen LogP) is 2.25. The summed E-state index contributed by atoms with van der Waals surface area (Å²) in [4.78, 5) is 22.8. The molecule has 0 aromatic heterocycles. The Morgan fingerprint density at radius 1 is 1.29 bits per heavy atom.